The first kappa shape index (κ1) is 19.7. The fourth-order valence-electron chi connectivity index (χ4n) is 2.23. The number of nitrogens with zero attached hydrogens (tertiary/aromatic N) is 2. The van der Waals surface area contributed by atoms with Gasteiger partial charge in [0.15, 0.2) is 5.96 Å². The zero-order valence-electron chi connectivity index (χ0n) is 14.7. The highest BCUT2D eigenvalue weighted by atomic mass is 19.4. The number of nitrogens with one attached hydrogen (secondary N) is 2. The van der Waals surface area contributed by atoms with Crippen molar-refractivity contribution in [3.05, 3.63) is 52.5 Å². The molecule has 0 bridgehead atoms. The van der Waals surface area contributed by atoms with E-state index in [4.69, 9.17) is 4.42 Å². The molecule has 0 spiro atoms. The van der Waals surface area contributed by atoms with Crippen molar-refractivity contribution in [1.82, 2.24) is 15.6 Å². The fourth-order valence-corrected chi connectivity index (χ4v) is 2.23. The Morgan fingerprint density at radius 1 is 1.23 bits per heavy atom. The summed E-state index contributed by atoms with van der Waals surface area (Å²) in [7, 11) is 0. The Bertz CT molecular complexity index is 764. The lowest BCUT2D eigenvalue weighted by molar-refractivity contribution is -0.138. The maximum atomic E-state index is 13.2. The molecule has 2 rings (SSSR count). The van der Waals surface area contributed by atoms with Crippen LogP contribution in [-0.4, -0.2) is 17.5 Å². The molecule has 0 fully saturated rings. The van der Waals surface area contributed by atoms with Crippen LogP contribution >= 0.6 is 0 Å². The lowest BCUT2D eigenvalue weighted by Gasteiger charge is -2.13. The van der Waals surface area contributed by atoms with E-state index in [0.717, 1.165) is 17.8 Å². The molecule has 142 valence electrons. The van der Waals surface area contributed by atoms with Gasteiger partial charge in [0, 0.05) is 6.54 Å². The van der Waals surface area contributed by atoms with Crippen LogP contribution in [0.3, 0.4) is 0 Å². The van der Waals surface area contributed by atoms with Crippen molar-refractivity contribution < 1.29 is 22.0 Å². The van der Waals surface area contributed by atoms with Gasteiger partial charge in [0.1, 0.15) is 11.6 Å². The fraction of sp³-hybridized carbons (Fsp3) is 0.412. The highest BCUT2D eigenvalue weighted by Crippen LogP contribution is 2.32. The number of rotatable bonds is 5. The Morgan fingerprint density at radius 2 is 1.96 bits per heavy atom. The van der Waals surface area contributed by atoms with E-state index in [-0.39, 0.29) is 18.7 Å². The molecule has 9 heteroatoms. The molecule has 0 atom stereocenters. The van der Waals surface area contributed by atoms with Crippen LogP contribution in [0.25, 0.3) is 0 Å². The van der Waals surface area contributed by atoms with Crippen molar-refractivity contribution in [2.45, 2.75) is 40.0 Å². The summed E-state index contributed by atoms with van der Waals surface area (Å²) in [4.78, 5) is 8.35. The highest BCUT2D eigenvalue weighted by Gasteiger charge is 2.33. The number of hydrogen-bond acceptors (Lipinski definition) is 3. The van der Waals surface area contributed by atoms with Crippen molar-refractivity contribution in [3.8, 4) is 0 Å². The van der Waals surface area contributed by atoms with E-state index in [2.05, 4.69) is 20.6 Å². The van der Waals surface area contributed by atoms with E-state index in [1.54, 1.807) is 6.92 Å². The average Bonchev–Trinajstić information content (AvgIpc) is 2.88. The predicted molar refractivity (Wildman–Crippen MR) is 89.0 cm³/mol. The third kappa shape index (κ3) is 5.21. The molecule has 0 saturated heterocycles. The summed E-state index contributed by atoms with van der Waals surface area (Å²) in [5.41, 5.74) is -0.375. The number of alkyl halides is 3. The summed E-state index contributed by atoms with van der Waals surface area (Å²) in [6, 6.07) is 2.55. The maximum absolute atomic E-state index is 13.2. The van der Waals surface area contributed by atoms with Crippen molar-refractivity contribution in [2.24, 2.45) is 4.99 Å². The molecule has 0 radical (unpaired) electrons. The third-order valence-corrected chi connectivity index (χ3v) is 3.61. The number of guanidine groups is 1. The molecule has 0 unspecified atom stereocenters. The topological polar surface area (TPSA) is 62.5 Å². The Morgan fingerprint density at radius 3 is 2.54 bits per heavy atom. The molecule has 26 heavy (non-hydrogen) atoms. The highest BCUT2D eigenvalue weighted by molar-refractivity contribution is 5.79. The molecule has 0 amide bonds. The van der Waals surface area contributed by atoms with E-state index < -0.39 is 17.6 Å². The molecule has 5 nitrogen and oxygen atoms in total. The second-order valence-electron chi connectivity index (χ2n) is 5.60. The van der Waals surface area contributed by atoms with E-state index in [1.807, 2.05) is 13.8 Å². The first-order valence-corrected chi connectivity index (χ1v) is 8.01. The quantitative estimate of drug-likeness (QED) is 0.477. The normalized spacial score (nSPS) is 12.3. The minimum atomic E-state index is -4.65. The van der Waals surface area contributed by atoms with E-state index in [1.165, 1.54) is 0 Å². The standard InChI is InChI=1S/C17H20F4N4O/c1-4-22-16(24-9-15-25-10(2)11(3)26-15)23-8-12-5-6-13(18)7-14(12)17(19,20)21/h5-7H,4,8-9H2,1-3H3,(H2,22,23,24). The number of aryl methyl sites for hydroxylation is 2. The number of aliphatic imine (C=N–C) groups is 1. The van der Waals surface area contributed by atoms with E-state index in [0.29, 0.717) is 30.2 Å². The van der Waals surface area contributed by atoms with E-state index in [9.17, 15) is 17.6 Å². The van der Waals surface area contributed by atoms with Crippen LogP contribution in [0.2, 0.25) is 0 Å². The van der Waals surface area contributed by atoms with Crippen LogP contribution in [0.15, 0.2) is 27.6 Å². The van der Waals surface area contributed by atoms with Gasteiger partial charge in [-0.1, -0.05) is 6.07 Å². The van der Waals surface area contributed by atoms with Gasteiger partial charge >= 0.3 is 6.18 Å². The molecule has 1 aromatic carbocycles. The van der Waals surface area contributed by atoms with Crippen LogP contribution in [0.4, 0.5) is 17.6 Å². The van der Waals surface area contributed by atoms with Gasteiger partial charge in [-0.25, -0.2) is 14.4 Å². The van der Waals surface area contributed by atoms with E-state index >= 15 is 0 Å². The molecule has 0 aliphatic heterocycles. The molecule has 0 saturated carbocycles. The van der Waals surface area contributed by atoms with Crippen LogP contribution in [0.5, 0.6) is 0 Å². The number of halogens is 4. The molecule has 1 heterocycles. The van der Waals surface area contributed by atoms with Crippen LogP contribution < -0.4 is 10.6 Å². The van der Waals surface area contributed by atoms with Gasteiger partial charge in [0.05, 0.1) is 24.3 Å². The second-order valence-corrected chi connectivity index (χ2v) is 5.60. The lowest BCUT2D eigenvalue weighted by atomic mass is 10.1. The van der Waals surface area contributed by atoms with Crippen LogP contribution in [0.1, 0.15) is 35.4 Å². The summed E-state index contributed by atoms with van der Waals surface area (Å²) >= 11 is 0. The summed E-state index contributed by atoms with van der Waals surface area (Å²) in [5, 5.41) is 5.87. The first-order chi connectivity index (χ1) is 12.2. The average molecular weight is 372 g/mol. The number of hydrogen-bond donors (Lipinski definition) is 2. The molecule has 1 aromatic heterocycles. The van der Waals surface area contributed by atoms with Crippen molar-refractivity contribution >= 4 is 5.96 Å². The Labute approximate surface area is 148 Å². The molecule has 0 aliphatic rings. The molecule has 2 aromatic rings. The Hall–Kier alpha value is -2.58. The van der Waals surface area contributed by atoms with Gasteiger partial charge in [0.25, 0.3) is 0 Å². The predicted octanol–water partition coefficient (Wildman–Crippen LogP) is 3.70. The van der Waals surface area contributed by atoms with Crippen LogP contribution in [0, 0.1) is 19.7 Å². The van der Waals surface area contributed by atoms with Gasteiger partial charge in [-0.3, -0.25) is 0 Å². The van der Waals surface area contributed by atoms with Gasteiger partial charge in [0.2, 0.25) is 5.89 Å². The molecular formula is C17H20F4N4O. The van der Waals surface area contributed by atoms with Gasteiger partial charge in [-0.15, -0.1) is 0 Å². The number of aromatic nitrogens is 1. The van der Waals surface area contributed by atoms with Gasteiger partial charge < -0.3 is 15.1 Å². The zero-order valence-corrected chi connectivity index (χ0v) is 14.7. The first-order valence-electron chi connectivity index (χ1n) is 8.01. The zero-order chi connectivity index (χ0) is 19.3. The monoisotopic (exact) mass is 372 g/mol. The maximum Gasteiger partial charge on any atom is 0.416 e. The number of benzene rings is 1. The van der Waals surface area contributed by atoms with Crippen molar-refractivity contribution in [3.63, 3.8) is 0 Å². The second kappa shape index (κ2) is 8.20. The minimum absolute atomic E-state index is 0.112. The Kier molecular flexibility index (Phi) is 6.23. The SMILES string of the molecule is CCNC(=NCc1ccc(F)cc1C(F)(F)F)NCc1nc(C)c(C)o1. The lowest BCUT2D eigenvalue weighted by Crippen LogP contribution is -2.36. The Balaban J connectivity index is 2.14. The summed E-state index contributed by atoms with van der Waals surface area (Å²) < 4.78 is 57.7. The largest absolute Gasteiger partial charge is 0.444 e. The summed E-state index contributed by atoms with van der Waals surface area (Å²) in [6.45, 7) is 5.93. The van der Waals surface area contributed by atoms with Crippen molar-refractivity contribution in [2.75, 3.05) is 6.54 Å². The third-order valence-electron chi connectivity index (χ3n) is 3.61. The smallest absolute Gasteiger partial charge is 0.416 e. The minimum Gasteiger partial charge on any atom is -0.444 e. The number of oxazole rings is 1. The van der Waals surface area contributed by atoms with Crippen molar-refractivity contribution in [1.29, 1.82) is 0 Å². The summed E-state index contributed by atoms with van der Waals surface area (Å²) in [5.74, 6) is 0.511. The van der Waals surface area contributed by atoms with Gasteiger partial charge in [-0.2, -0.15) is 13.2 Å². The molecular weight excluding hydrogens is 352 g/mol. The summed E-state index contributed by atoms with van der Waals surface area (Å²) in [6.07, 6.45) is -4.65. The van der Waals surface area contributed by atoms with Gasteiger partial charge in [-0.05, 0) is 38.5 Å². The van der Waals surface area contributed by atoms with Crippen LogP contribution in [-0.2, 0) is 19.3 Å². The molecule has 2 N–H and O–H groups in total. The molecule has 0 aliphatic carbocycles.